The minimum absolute atomic E-state index is 0.193. The van der Waals surface area contributed by atoms with E-state index in [1.807, 2.05) is 13.0 Å². The Labute approximate surface area is 107 Å². The van der Waals surface area contributed by atoms with Gasteiger partial charge in [0.2, 0.25) is 0 Å². The van der Waals surface area contributed by atoms with Gasteiger partial charge in [-0.3, -0.25) is 9.78 Å². The summed E-state index contributed by atoms with van der Waals surface area (Å²) in [5.74, 6) is 0.342. The standard InChI is InChI=1S/C12H10BrN3O/c1-8-10(13)2-3-11(15-8)16-12(17)9-4-6-14-7-5-9/h2-7H,1H3,(H,15,16,17). The van der Waals surface area contributed by atoms with Gasteiger partial charge >= 0.3 is 0 Å². The Balaban J connectivity index is 2.16. The van der Waals surface area contributed by atoms with Crippen molar-refractivity contribution >= 4 is 27.7 Å². The highest BCUT2D eigenvalue weighted by Crippen LogP contribution is 2.16. The first-order valence-electron chi connectivity index (χ1n) is 5.01. The molecule has 0 aliphatic heterocycles. The zero-order valence-corrected chi connectivity index (χ0v) is 10.7. The normalized spacial score (nSPS) is 10.0. The summed E-state index contributed by atoms with van der Waals surface area (Å²) >= 11 is 3.36. The summed E-state index contributed by atoms with van der Waals surface area (Å²) in [7, 11) is 0. The topological polar surface area (TPSA) is 54.9 Å². The van der Waals surface area contributed by atoms with Gasteiger partial charge in [-0.25, -0.2) is 4.98 Å². The molecule has 0 atom stereocenters. The van der Waals surface area contributed by atoms with Crippen LogP contribution in [0.15, 0.2) is 41.1 Å². The molecule has 0 aliphatic carbocycles. The molecule has 0 saturated heterocycles. The molecule has 2 rings (SSSR count). The molecule has 1 N–H and O–H groups in total. The first-order chi connectivity index (χ1) is 8.16. The van der Waals surface area contributed by atoms with Gasteiger partial charge in [-0.2, -0.15) is 0 Å². The molecule has 0 bridgehead atoms. The monoisotopic (exact) mass is 291 g/mol. The van der Waals surface area contributed by atoms with E-state index in [0.717, 1.165) is 10.2 Å². The van der Waals surface area contributed by atoms with Crippen molar-refractivity contribution < 1.29 is 4.79 Å². The van der Waals surface area contributed by atoms with Gasteiger partial charge in [-0.15, -0.1) is 0 Å². The molecule has 5 heteroatoms. The van der Waals surface area contributed by atoms with Crippen molar-refractivity contribution in [1.29, 1.82) is 0 Å². The van der Waals surface area contributed by atoms with Gasteiger partial charge in [0.15, 0.2) is 0 Å². The lowest BCUT2D eigenvalue weighted by atomic mass is 10.2. The molecule has 0 unspecified atom stereocenters. The summed E-state index contributed by atoms with van der Waals surface area (Å²) in [5, 5.41) is 2.73. The lowest BCUT2D eigenvalue weighted by Crippen LogP contribution is -2.13. The number of aromatic nitrogens is 2. The minimum atomic E-state index is -0.193. The fourth-order valence-corrected chi connectivity index (χ4v) is 1.53. The van der Waals surface area contributed by atoms with Gasteiger partial charge in [0.1, 0.15) is 5.82 Å². The van der Waals surface area contributed by atoms with E-state index in [2.05, 4.69) is 31.2 Å². The van der Waals surface area contributed by atoms with E-state index < -0.39 is 0 Å². The molecule has 0 saturated carbocycles. The third kappa shape index (κ3) is 2.88. The van der Waals surface area contributed by atoms with E-state index >= 15 is 0 Å². The number of carbonyl (C=O) groups excluding carboxylic acids is 1. The average Bonchev–Trinajstić information content (AvgIpc) is 2.35. The Kier molecular flexibility index (Phi) is 3.49. The molecule has 2 heterocycles. The number of aryl methyl sites for hydroxylation is 1. The fourth-order valence-electron chi connectivity index (χ4n) is 1.31. The van der Waals surface area contributed by atoms with E-state index in [1.165, 1.54) is 0 Å². The number of pyridine rings is 2. The molecule has 17 heavy (non-hydrogen) atoms. The van der Waals surface area contributed by atoms with Gasteiger partial charge < -0.3 is 5.32 Å². The zero-order chi connectivity index (χ0) is 12.3. The second-order valence-electron chi connectivity index (χ2n) is 3.45. The third-order valence-electron chi connectivity index (χ3n) is 2.21. The van der Waals surface area contributed by atoms with Crippen LogP contribution in [0.5, 0.6) is 0 Å². The van der Waals surface area contributed by atoms with Gasteiger partial charge in [-0.05, 0) is 47.1 Å². The predicted octanol–water partition coefficient (Wildman–Crippen LogP) is 2.80. The van der Waals surface area contributed by atoms with Crippen LogP contribution in [0, 0.1) is 6.92 Å². The maximum atomic E-state index is 11.8. The summed E-state index contributed by atoms with van der Waals surface area (Å²) in [6.45, 7) is 1.87. The minimum Gasteiger partial charge on any atom is -0.307 e. The molecule has 1 amide bonds. The smallest absolute Gasteiger partial charge is 0.256 e. The van der Waals surface area contributed by atoms with Crippen LogP contribution in [-0.4, -0.2) is 15.9 Å². The maximum Gasteiger partial charge on any atom is 0.256 e. The molecule has 2 aromatic rings. The Morgan fingerprint density at radius 3 is 2.59 bits per heavy atom. The number of nitrogens with zero attached hydrogens (tertiary/aromatic N) is 2. The molecule has 0 aromatic carbocycles. The van der Waals surface area contributed by atoms with Crippen LogP contribution in [0.4, 0.5) is 5.82 Å². The maximum absolute atomic E-state index is 11.8. The number of rotatable bonds is 2. The van der Waals surface area contributed by atoms with Crippen LogP contribution in [0.25, 0.3) is 0 Å². The van der Waals surface area contributed by atoms with Crippen LogP contribution in [-0.2, 0) is 0 Å². The number of halogens is 1. The second-order valence-corrected chi connectivity index (χ2v) is 4.31. The SMILES string of the molecule is Cc1nc(NC(=O)c2ccncc2)ccc1Br. The largest absolute Gasteiger partial charge is 0.307 e. The zero-order valence-electron chi connectivity index (χ0n) is 9.14. The summed E-state index contributed by atoms with van der Waals surface area (Å²) in [4.78, 5) is 19.9. The molecule has 0 fully saturated rings. The number of nitrogens with one attached hydrogen (secondary N) is 1. The number of hydrogen-bond donors (Lipinski definition) is 1. The molecular weight excluding hydrogens is 282 g/mol. The summed E-state index contributed by atoms with van der Waals surface area (Å²) < 4.78 is 0.916. The van der Waals surface area contributed by atoms with Crippen molar-refractivity contribution in [2.24, 2.45) is 0 Å². The number of amides is 1. The van der Waals surface area contributed by atoms with Crippen LogP contribution in [0.3, 0.4) is 0 Å². The van der Waals surface area contributed by atoms with Crippen molar-refractivity contribution in [3.05, 3.63) is 52.4 Å². The highest BCUT2D eigenvalue weighted by atomic mass is 79.9. The Morgan fingerprint density at radius 1 is 1.24 bits per heavy atom. The van der Waals surface area contributed by atoms with Crippen molar-refractivity contribution in [3.8, 4) is 0 Å². The number of anilines is 1. The van der Waals surface area contributed by atoms with E-state index in [0.29, 0.717) is 11.4 Å². The first-order valence-corrected chi connectivity index (χ1v) is 5.80. The van der Waals surface area contributed by atoms with Crippen LogP contribution in [0.1, 0.15) is 16.1 Å². The molecule has 86 valence electrons. The lowest BCUT2D eigenvalue weighted by molar-refractivity contribution is 0.102. The highest BCUT2D eigenvalue weighted by Gasteiger charge is 2.06. The van der Waals surface area contributed by atoms with Crippen molar-refractivity contribution in [3.63, 3.8) is 0 Å². The number of carbonyl (C=O) groups is 1. The molecule has 0 spiro atoms. The van der Waals surface area contributed by atoms with E-state index in [9.17, 15) is 4.79 Å². The van der Waals surface area contributed by atoms with Crippen LogP contribution < -0.4 is 5.32 Å². The van der Waals surface area contributed by atoms with Crippen molar-refractivity contribution in [2.45, 2.75) is 6.92 Å². The molecule has 0 aliphatic rings. The molecule has 4 nitrogen and oxygen atoms in total. The van der Waals surface area contributed by atoms with Crippen molar-refractivity contribution in [1.82, 2.24) is 9.97 Å². The summed E-state index contributed by atoms with van der Waals surface area (Å²) in [6, 6.07) is 6.91. The molecule has 0 radical (unpaired) electrons. The lowest BCUT2D eigenvalue weighted by Gasteiger charge is -2.05. The Morgan fingerprint density at radius 2 is 1.94 bits per heavy atom. The quantitative estimate of drug-likeness (QED) is 0.926. The fraction of sp³-hybridized carbons (Fsp3) is 0.0833. The van der Waals surface area contributed by atoms with Crippen LogP contribution in [0.2, 0.25) is 0 Å². The average molecular weight is 292 g/mol. The Bertz CT molecular complexity index is 543. The number of hydrogen-bond acceptors (Lipinski definition) is 3. The van der Waals surface area contributed by atoms with E-state index in [-0.39, 0.29) is 5.91 Å². The van der Waals surface area contributed by atoms with Crippen molar-refractivity contribution in [2.75, 3.05) is 5.32 Å². The predicted molar refractivity (Wildman–Crippen MR) is 68.9 cm³/mol. The molecular formula is C12H10BrN3O. The highest BCUT2D eigenvalue weighted by molar-refractivity contribution is 9.10. The van der Waals surface area contributed by atoms with Gasteiger partial charge in [0, 0.05) is 22.4 Å². The summed E-state index contributed by atoms with van der Waals surface area (Å²) in [5.41, 5.74) is 1.39. The first kappa shape index (κ1) is 11.7. The summed E-state index contributed by atoms with van der Waals surface area (Å²) in [6.07, 6.45) is 3.16. The van der Waals surface area contributed by atoms with Gasteiger partial charge in [-0.1, -0.05) is 0 Å². The van der Waals surface area contributed by atoms with Gasteiger partial charge in [0.05, 0.1) is 5.69 Å². The van der Waals surface area contributed by atoms with E-state index in [4.69, 9.17) is 0 Å². The van der Waals surface area contributed by atoms with E-state index in [1.54, 1.807) is 30.6 Å². The van der Waals surface area contributed by atoms with Gasteiger partial charge in [0.25, 0.3) is 5.91 Å². The molecule has 2 aromatic heterocycles. The third-order valence-corrected chi connectivity index (χ3v) is 3.04. The van der Waals surface area contributed by atoms with Crippen LogP contribution >= 0.6 is 15.9 Å². The Hall–Kier alpha value is -1.75. The second kappa shape index (κ2) is 5.05.